The van der Waals surface area contributed by atoms with Crippen LogP contribution in [0.1, 0.15) is 19.3 Å². The molecule has 3 heterocycles. The average Bonchev–Trinajstić information content (AvgIpc) is 3.31. The van der Waals surface area contributed by atoms with Crippen LogP contribution in [0.5, 0.6) is 5.75 Å². The van der Waals surface area contributed by atoms with Gasteiger partial charge in [-0.05, 0) is 25.0 Å². The lowest BCUT2D eigenvalue weighted by atomic mass is 9.76. The summed E-state index contributed by atoms with van der Waals surface area (Å²) in [6.45, 7) is 1.16. The van der Waals surface area contributed by atoms with Gasteiger partial charge in [0.05, 0.1) is 30.3 Å². The van der Waals surface area contributed by atoms with Crippen molar-refractivity contribution in [3.05, 3.63) is 43.0 Å². The molecule has 0 saturated carbocycles. The van der Waals surface area contributed by atoms with E-state index in [2.05, 4.69) is 4.98 Å². The molecule has 0 amide bonds. The molecular weight excluding hydrogens is 382 g/mol. The Morgan fingerprint density at radius 3 is 2.79 bits per heavy atom. The summed E-state index contributed by atoms with van der Waals surface area (Å²) in [5.74, 6) is 0.285. The Balaban J connectivity index is 1.44. The van der Waals surface area contributed by atoms with Crippen molar-refractivity contribution in [3.8, 4) is 5.75 Å². The summed E-state index contributed by atoms with van der Waals surface area (Å²) in [5, 5.41) is 0. The number of aromatic nitrogens is 2. The molecule has 1 unspecified atom stereocenters. The van der Waals surface area contributed by atoms with E-state index >= 15 is 0 Å². The number of carbonyl (C=O) groups excluding carboxylic acids is 1. The quantitative estimate of drug-likeness (QED) is 0.703. The van der Waals surface area contributed by atoms with Crippen LogP contribution in [0, 0.1) is 5.41 Å². The number of nitrogens with zero attached hydrogens (tertiary/aromatic N) is 3. The molecule has 2 aliphatic heterocycles. The van der Waals surface area contributed by atoms with Crippen molar-refractivity contribution in [3.63, 3.8) is 0 Å². The first kappa shape index (κ1) is 18.9. The van der Waals surface area contributed by atoms with E-state index in [4.69, 9.17) is 9.47 Å². The van der Waals surface area contributed by atoms with Crippen LogP contribution in [0.15, 0.2) is 47.9 Å². The lowest BCUT2D eigenvalue weighted by Crippen LogP contribution is -2.45. The second kappa shape index (κ2) is 7.21. The molecule has 4 rings (SSSR count). The number of sulfonamides is 1. The number of esters is 1. The van der Waals surface area contributed by atoms with Gasteiger partial charge in [-0.2, -0.15) is 4.31 Å². The lowest BCUT2D eigenvalue weighted by molar-refractivity contribution is -0.150. The van der Waals surface area contributed by atoms with Crippen molar-refractivity contribution in [2.24, 2.45) is 5.41 Å². The zero-order valence-electron chi connectivity index (χ0n) is 15.7. The van der Waals surface area contributed by atoms with E-state index in [-0.39, 0.29) is 17.0 Å². The van der Waals surface area contributed by atoms with E-state index in [0.717, 1.165) is 0 Å². The van der Waals surface area contributed by atoms with Gasteiger partial charge in [0, 0.05) is 38.0 Å². The molecule has 1 atom stereocenters. The molecule has 2 aliphatic rings. The van der Waals surface area contributed by atoms with Crippen molar-refractivity contribution in [2.75, 3.05) is 20.2 Å². The fraction of sp³-hybridized carbons (Fsp3) is 0.474. The molecule has 8 nitrogen and oxygen atoms in total. The van der Waals surface area contributed by atoms with E-state index in [0.29, 0.717) is 44.6 Å². The topological polar surface area (TPSA) is 90.7 Å². The first-order chi connectivity index (χ1) is 13.4. The van der Waals surface area contributed by atoms with Gasteiger partial charge in [0.15, 0.2) is 0 Å². The molecule has 0 bridgehead atoms. The van der Waals surface area contributed by atoms with Crippen LogP contribution in [0.3, 0.4) is 0 Å². The van der Waals surface area contributed by atoms with Crippen LogP contribution in [0.25, 0.3) is 0 Å². The third-order valence-corrected chi connectivity index (χ3v) is 7.55. The number of hydrogen-bond acceptors (Lipinski definition) is 6. The molecule has 0 aliphatic carbocycles. The van der Waals surface area contributed by atoms with Gasteiger partial charge in [-0.25, -0.2) is 13.4 Å². The Morgan fingerprint density at radius 2 is 2.11 bits per heavy atom. The van der Waals surface area contributed by atoms with Gasteiger partial charge < -0.3 is 14.0 Å². The number of piperidine rings is 1. The fourth-order valence-electron chi connectivity index (χ4n) is 4.04. The number of hydrogen-bond donors (Lipinski definition) is 0. The number of methoxy groups -OCH3 is 1. The summed E-state index contributed by atoms with van der Waals surface area (Å²) in [4.78, 5) is 16.8. The highest BCUT2D eigenvalue weighted by Gasteiger charge is 2.51. The van der Waals surface area contributed by atoms with Crippen molar-refractivity contribution in [1.29, 1.82) is 0 Å². The number of imidazole rings is 1. The maximum Gasteiger partial charge on any atom is 0.312 e. The molecule has 0 radical (unpaired) electrons. The van der Waals surface area contributed by atoms with Crippen molar-refractivity contribution < 1.29 is 22.7 Å². The molecule has 1 spiro atoms. The van der Waals surface area contributed by atoms with Crippen LogP contribution in [0.2, 0.25) is 0 Å². The van der Waals surface area contributed by atoms with E-state index in [1.54, 1.807) is 30.7 Å². The summed E-state index contributed by atoms with van der Waals surface area (Å²) in [6, 6.07) is 6.45. The zero-order valence-corrected chi connectivity index (χ0v) is 16.5. The summed E-state index contributed by atoms with van der Waals surface area (Å²) in [6.07, 6.45) is 6.56. The van der Waals surface area contributed by atoms with Crippen molar-refractivity contribution in [1.82, 2.24) is 13.9 Å². The Morgan fingerprint density at radius 1 is 1.32 bits per heavy atom. The molecule has 28 heavy (non-hydrogen) atoms. The van der Waals surface area contributed by atoms with Crippen LogP contribution < -0.4 is 4.74 Å². The van der Waals surface area contributed by atoms with Gasteiger partial charge in [0.2, 0.25) is 10.0 Å². The molecule has 0 N–H and O–H groups in total. The van der Waals surface area contributed by atoms with Gasteiger partial charge in [-0.1, -0.05) is 6.07 Å². The van der Waals surface area contributed by atoms with E-state index in [1.165, 1.54) is 17.5 Å². The highest BCUT2D eigenvalue weighted by molar-refractivity contribution is 7.89. The standard InChI is InChI=1S/C19H23N3O5S/c1-26-15-3-2-4-17(11-15)28(24,25)22-8-5-19(6-9-22)12-16(27-18(19)23)13-21-10-7-20-14-21/h2-4,7,10-11,14,16H,5-6,8-9,12-13H2,1H3. The summed E-state index contributed by atoms with van der Waals surface area (Å²) in [5.41, 5.74) is -0.592. The SMILES string of the molecule is COc1cccc(S(=O)(=O)N2CCC3(CC2)CC(Cn2ccnc2)OC3=O)c1. The molecule has 2 fully saturated rings. The Kier molecular flexibility index (Phi) is 4.88. The maximum atomic E-state index is 13.0. The van der Waals surface area contributed by atoms with E-state index < -0.39 is 15.4 Å². The number of ether oxygens (including phenoxy) is 2. The summed E-state index contributed by atoms with van der Waals surface area (Å²) >= 11 is 0. The lowest BCUT2D eigenvalue weighted by Gasteiger charge is -2.35. The van der Waals surface area contributed by atoms with Crippen LogP contribution in [-0.4, -0.2) is 54.5 Å². The zero-order chi connectivity index (χ0) is 19.8. The van der Waals surface area contributed by atoms with E-state index in [1.807, 2.05) is 10.8 Å². The second-order valence-corrected chi connectivity index (χ2v) is 9.29. The number of cyclic esters (lactones) is 1. The molecule has 1 aromatic carbocycles. The fourth-order valence-corrected chi connectivity index (χ4v) is 5.52. The normalized spacial score (nSPS) is 22.3. The van der Waals surface area contributed by atoms with Gasteiger partial charge in [-0.15, -0.1) is 0 Å². The Hall–Kier alpha value is -2.39. The predicted octanol–water partition coefficient (Wildman–Crippen LogP) is 1.68. The Labute approximate surface area is 164 Å². The van der Waals surface area contributed by atoms with E-state index in [9.17, 15) is 13.2 Å². The van der Waals surface area contributed by atoms with Crippen molar-refractivity contribution in [2.45, 2.75) is 36.8 Å². The first-order valence-electron chi connectivity index (χ1n) is 9.24. The second-order valence-electron chi connectivity index (χ2n) is 7.35. The first-order valence-corrected chi connectivity index (χ1v) is 10.7. The highest BCUT2D eigenvalue weighted by atomic mass is 32.2. The largest absolute Gasteiger partial charge is 0.497 e. The minimum absolute atomic E-state index is 0.204. The van der Waals surface area contributed by atoms with Crippen LogP contribution in [-0.2, 0) is 26.1 Å². The van der Waals surface area contributed by atoms with Gasteiger partial charge in [0.25, 0.3) is 0 Å². The molecule has 9 heteroatoms. The van der Waals surface area contributed by atoms with Gasteiger partial charge >= 0.3 is 5.97 Å². The molecular formula is C19H23N3O5S. The minimum Gasteiger partial charge on any atom is -0.497 e. The third kappa shape index (κ3) is 3.40. The maximum absolute atomic E-state index is 13.0. The number of carbonyl (C=O) groups is 1. The molecule has 1 aromatic heterocycles. The highest BCUT2D eigenvalue weighted by Crippen LogP contribution is 2.44. The Bertz CT molecular complexity index is 950. The predicted molar refractivity (Wildman–Crippen MR) is 100 cm³/mol. The number of benzene rings is 1. The molecule has 150 valence electrons. The van der Waals surface area contributed by atoms with Gasteiger partial charge in [-0.3, -0.25) is 4.79 Å². The summed E-state index contributed by atoms with van der Waals surface area (Å²) < 4.78 is 40.0. The molecule has 2 aromatic rings. The van der Waals surface area contributed by atoms with Crippen LogP contribution in [0.4, 0.5) is 0 Å². The minimum atomic E-state index is -3.62. The summed E-state index contributed by atoms with van der Waals surface area (Å²) in [7, 11) is -2.12. The van der Waals surface area contributed by atoms with Crippen LogP contribution >= 0.6 is 0 Å². The van der Waals surface area contributed by atoms with Crippen molar-refractivity contribution >= 4 is 16.0 Å². The number of rotatable bonds is 5. The third-order valence-electron chi connectivity index (χ3n) is 5.66. The average molecular weight is 405 g/mol. The molecule has 2 saturated heterocycles. The smallest absolute Gasteiger partial charge is 0.312 e. The monoisotopic (exact) mass is 405 g/mol. The van der Waals surface area contributed by atoms with Gasteiger partial charge in [0.1, 0.15) is 11.9 Å².